The van der Waals surface area contributed by atoms with Crippen LogP contribution in [0.2, 0.25) is 0 Å². The van der Waals surface area contributed by atoms with Crippen molar-refractivity contribution < 1.29 is 4.39 Å². The van der Waals surface area contributed by atoms with Crippen LogP contribution in [-0.2, 0) is 0 Å². The number of halogens is 1. The lowest BCUT2D eigenvalue weighted by Crippen LogP contribution is -2.39. The maximum Gasteiger partial charge on any atom is 0.123 e. The Labute approximate surface area is 104 Å². The highest BCUT2D eigenvalue weighted by molar-refractivity contribution is 5.46. The molecule has 0 heterocycles. The molecule has 0 bridgehead atoms. The third kappa shape index (κ3) is 4.73. The molecule has 96 valence electrons. The Morgan fingerprint density at radius 2 is 1.88 bits per heavy atom. The van der Waals surface area contributed by atoms with Gasteiger partial charge in [-0.25, -0.2) is 4.39 Å². The molecule has 2 nitrogen and oxygen atoms in total. The van der Waals surface area contributed by atoms with E-state index in [2.05, 4.69) is 31.0 Å². The van der Waals surface area contributed by atoms with Crippen LogP contribution in [0.5, 0.6) is 0 Å². The molecule has 0 aliphatic carbocycles. The summed E-state index contributed by atoms with van der Waals surface area (Å²) in [7, 11) is 0. The minimum atomic E-state index is -0.179. The van der Waals surface area contributed by atoms with E-state index < -0.39 is 0 Å². The second-order valence-electron chi connectivity index (χ2n) is 4.37. The zero-order chi connectivity index (χ0) is 12.7. The average Bonchev–Trinajstić information content (AvgIpc) is 2.34. The van der Waals surface area contributed by atoms with Gasteiger partial charge in [0.2, 0.25) is 0 Å². The fourth-order valence-electron chi connectivity index (χ4n) is 1.85. The van der Waals surface area contributed by atoms with Crippen LogP contribution >= 0.6 is 0 Å². The van der Waals surface area contributed by atoms with Crippen molar-refractivity contribution in [2.45, 2.75) is 33.2 Å². The third-order valence-corrected chi connectivity index (χ3v) is 2.81. The summed E-state index contributed by atoms with van der Waals surface area (Å²) < 4.78 is 12.9. The lowest BCUT2D eigenvalue weighted by molar-refractivity contribution is 0.536. The first kappa shape index (κ1) is 14.0. The number of benzene rings is 1. The summed E-state index contributed by atoms with van der Waals surface area (Å²) in [6, 6.07) is 7.15. The van der Waals surface area contributed by atoms with Crippen molar-refractivity contribution >= 4 is 5.69 Å². The highest BCUT2D eigenvalue weighted by atomic mass is 19.1. The molecule has 0 spiro atoms. The van der Waals surface area contributed by atoms with Gasteiger partial charge in [0.25, 0.3) is 0 Å². The Morgan fingerprint density at radius 1 is 1.24 bits per heavy atom. The van der Waals surface area contributed by atoms with Crippen LogP contribution in [0.3, 0.4) is 0 Å². The van der Waals surface area contributed by atoms with Crippen molar-refractivity contribution in [3.8, 4) is 0 Å². The number of nitrogens with zero attached hydrogens (tertiary/aromatic N) is 1. The highest BCUT2D eigenvalue weighted by Gasteiger charge is 2.08. The number of nitrogens with one attached hydrogen (secondary N) is 1. The van der Waals surface area contributed by atoms with E-state index in [1.165, 1.54) is 12.1 Å². The fourth-order valence-corrected chi connectivity index (χ4v) is 1.85. The van der Waals surface area contributed by atoms with Crippen LogP contribution in [0.1, 0.15) is 27.2 Å². The largest absolute Gasteiger partial charge is 0.370 e. The molecule has 0 radical (unpaired) electrons. The minimum Gasteiger partial charge on any atom is -0.370 e. The molecule has 17 heavy (non-hydrogen) atoms. The SMILES string of the molecule is CCCNC(C)CN(CC)c1ccc(F)cc1. The Hall–Kier alpha value is -1.09. The van der Waals surface area contributed by atoms with Crippen LogP contribution < -0.4 is 10.2 Å². The molecular formula is C14H23FN2. The maximum absolute atomic E-state index is 12.9. The smallest absolute Gasteiger partial charge is 0.123 e. The van der Waals surface area contributed by atoms with E-state index in [0.29, 0.717) is 6.04 Å². The van der Waals surface area contributed by atoms with Gasteiger partial charge in [-0.1, -0.05) is 6.92 Å². The van der Waals surface area contributed by atoms with Crippen molar-refractivity contribution in [3.63, 3.8) is 0 Å². The van der Waals surface area contributed by atoms with Crippen molar-refractivity contribution in [2.75, 3.05) is 24.5 Å². The molecule has 1 atom stereocenters. The molecule has 0 saturated heterocycles. The monoisotopic (exact) mass is 238 g/mol. The molecule has 1 unspecified atom stereocenters. The maximum atomic E-state index is 12.9. The zero-order valence-corrected chi connectivity index (χ0v) is 11.0. The Kier molecular flexibility index (Phi) is 5.98. The first-order valence-corrected chi connectivity index (χ1v) is 6.41. The number of hydrogen-bond acceptors (Lipinski definition) is 2. The minimum absolute atomic E-state index is 0.179. The number of rotatable bonds is 7. The molecule has 0 aliphatic heterocycles. The Balaban J connectivity index is 2.56. The second kappa shape index (κ2) is 7.28. The lowest BCUT2D eigenvalue weighted by Gasteiger charge is -2.27. The zero-order valence-electron chi connectivity index (χ0n) is 11.0. The summed E-state index contributed by atoms with van der Waals surface area (Å²) >= 11 is 0. The topological polar surface area (TPSA) is 15.3 Å². The predicted molar refractivity (Wildman–Crippen MR) is 72.0 cm³/mol. The third-order valence-electron chi connectivity index (χ3n) is 2.81. The number of likely N-dealkylation sites (N-methyl/N-ethyl adjacent to an activating group) is 1. The summed E-state index contributed by atoms with van der Waals surface area (Å²) in [6.07, 6.45) is 1.15. The van der Waals surface area contributed by atoms with Gasteiger partial charge in [-0.15, -0.1) is 0 Å². The molecular weight excluding hydrogens is 215 g/mol. The molecule has 0 aromatic heterocycles. The summed E-state index contributed by atoms with van der Waals surface area (Å²) in [5.74, 6) is -0.179. The summed E-state index contributed by atoms with van der Waals surface area (Å²) in [4.78, 5) is 2.26. The van der Waals surface area contributed by atoms with E-state index in [-0.39, 0.29) is 5.82 Å². The fraction of sp³-hybridized carbons (Fsp3) is 0.571. The molecule has 0 saturated carbocycles. The molecule has 3 heteroatoms. The number of hydrogen-bond donors (Lipinski definition) is 1. The van der Waals surface area contributed by atoms with Crippen LogP contribution in [0.4, 0.5) is 10.1 Å². The van der Waals surface area contributed by atoms with Gasteiger partial charge in [0, 0.05) is 24.8 Å². The normalized spacial score (nSPS) is 12.5. The van der Waals surface area contributed by atoms with Gasteiger partial charge in [0.05, 0.1) is 0 Å². The first-order valence-electron chi connectivity index (χ1n) is 6.41. The van der Waals surface area contributed by atoms with Gasteiger partial charge in [-0.2, -0.15) is 0 Å². The van der Waals surface area contributed by atoms with Crippen molar-refractivity contribution in [1.29, 1.82) is 0 Å². The first-order chi connectivity index (χ1) is 8.17. The van der Waals surface area contributed by atoms with Crippen LogP contribution in [0.25, 0.3) is 0 Å². The van der Waals surface area contributed by atoms with Gasteiger partial charge < -0.3 is 10.2 Å². The van der Waals surface area contributed by atoms with Crippen LogP contribution in [0, 0.1) is 5.82 Å². The summed E-state index contributed by atoms with van der Waals surface area (Å²) in [5, 5.41) is 3.46. The number of anilines is 1. The molecule has 1 aromatic rings. The molecule has 0 amide bonds. The van der Waals surface area contributed by atoms with E-state index in [4.69, 9.17) is 0 Å². The van der Waals surface area contributed by atoms with Crippen molar-refractivity contribution in [2.24, 2.45) is 0 Å². The van der Waals surface area contributed by atoms with Gasteiger partial charge in [0.15, 0.2) is 0 Å². The molecule has 0 aliphatic rings. The van der Waals surface area contributed by atoms with Crippen LogP contribution in [-0.4, -0.2) is 25.7 Å². The van der Waals surface area contributed by atoms with Crippen molar-refractivity contribution in [3.05, 3.63) is 30.1 Å². The van der Waals surface area contributed by atoms with Gasteiger partial charge in [-0.05, 0) is 51.1 Å². The van der Waals surface area contributed by atoms with E-state index >= 15 is 0 Å². The van der Waals surface area contributed by atoms with Gasteiger partial charge in [-0.3, -0.25) is 0 Å². The molecule has 1 rings (SSSR count). The molecule has 1 N–H and O–H groups in total. The second-order valence-corrected chi connectivity index (χ2v) is 4.37. The Morgan fingerprint density at radius 3 is 2.41 bits per heavy atom. The standard InChI is InChI=1S/C14H23FN2/c1-4-10-16-12(3)11-17(5-2)14-8-6-13(15)7-9-14/h6-9,12,16H,4-5,10-11H2,1-3H3. The van der Waals surface area contributed by atoms with E-state index in [9.17, 15) is 4.39 Å². The van der Waals surface area contributed by atoms with E-state index in [1.807, 2.05) is 12.1 Å². The predicted octanol–water partition coefficient (Wildman–Crippen LogP) is 3.04. The molecule has 1 aromatic carbocycles. The average molecular weight is 238 g/mol. The highest BCUT2D eigenvalue weighted by Crippen LogP contribution is 2.14. The van der Waals surface area contributed by atoms with E-state index in [1.54, 1.807) is 0 Å². The Bertz CT molecular complexity index is 311. The van der Waals surface area contributed by atoms with Gasteiger partial charge >= 0.3 is 0 Å². The summed E-state index contributed by atoms with van der Waals surface area (Å²) in [5.41, 5.74) is 1.08. The molecule has 0 fully saturated rings. The summed E-state index contributed by atoms with van der Waals surface area (Å²) in [6.45, 7) is 9.39. The quantitative estimate of drug-likeness (QED) is 0.785. The van der Waals surface area contributed by atoms with E-state index in [0.717, 1.165) is 31.7 Å². The van der Waals surface area contributed by atoms with Gasteiger partial charge in [0.1, 0.15) is 5.82 Å². The van der Waals surface area contributed by atoms with Crippen molar-refractivity contribution in [1.82, 2.24) is 5.32 Å². The lowest BCUT2D eigenvalue weighted by atomic mass is 10.2. The van der Waals surface area contributed by atoms with Crippen LogP contribution in [0.15, 0.2) is 24.3 Å².